The fourth-order valence-electron chi connectivity index (χ4n) is 3.24. The molecular weight excluding hydrogens is 302 g/mol. The van der Waals surface area contributed by atoms with Gasteiger partial charge in [-0.2, -0.15) is 0 Å². The zero-order valence-corrected chi connectivity index (χ0v) is 15.0. The van der Waals surface area contributed by atoms with Crippen LogP contribution >= 0.6 is 0 Å². The fourth-order valence-corrected chi connectivity index (χ4v) is 3.24. The Labute approximate surface area is 145 Å². The number of hydrogen-bond acceptors (Lipinski definition) is 4. The van der Waals surface area contributed by atoms with Gasteiger partial charge in [-0.15, -0.1) is 0 Å². The Morgan fingerprint density at radius 1 is 1.21 bits per heavy atom. The van der Waals surface area contributed by atoms with Crippen molar-refractivity contribution in [3.63, 3.8) is 0 Å². The smallest absolute Gasteiger partial charge is 0.220 e. The van der Waals surface area contributed by atoms with E-state index in [2.05, 4.69) is 27.7 Å². The molecule has 0 saturated carbocycles. The van der Waals surface area contributed by atoms with Crippen molar-refractivity contribution in [3.8, 4) is 5.75 Å². The van der Waals surface area contributed by atoms with Crippen molar-refractivity contribution in [1.82, 2.24) is 15.5 Å². The Morgan fingerprint density at radius 3 is 2.54 bits per heavy atom. The highest BCUT2D eigenvalue weighted by Gasteiger charge is 2.22. The third-order valence-electron chi connectivity index (χ3n) is 4.66. The van der Waals surface area contributed by atoms with E-state index in [1.54, 1.807) is 7.11 Å². The number of carbonyl (C=O) groups excluding carboxylic acids is 1. The number of carbonyl (C=O) groups is 1. The number of likely N-dealkylation sites (tertiary alicyclic amines) is 1. The number of ether oxygens (including phenoxy) is 1. The van der Waals surface area contributed by atoms with Gasteiger partial charge in [-0.25, -0.2) is 0 Å². The van der Waals surface area contributed by atoms with E-state index >= 15 is 0 Å². The maximum absolute atomic E-state index is 12.1. The molecule has 2 rings (SSSR count). The Balaban J connectivity index is 1.98. The molecule has 0 spiro atoms. The maximum atomic E-state index is 12.1. The van der Waals surface area contributed by atoms with Crippen molar-refractivity contribution in [2.24, 2.45) is 0 Å². The summed E-state index contributed by atoms with van der Waals surface area (Å²) >= 11 is 0. The van der Waals surface area contributed by atoms with Crippen molar-refractivity contribution in [2.75, 3.05) is 40.3 Å². The second kappa shape index (κ2) is 10.3. The van der Waals surface area contributed by atoms with E-state index in [0.717, 1.165) is 31.8 Å². The van der Waals surface area contributed by atoms with Gasteiger partial charge in [0.05, 0.1) is 13.2 Å². The summed E-state index contributed by atoms with van der Waals surface area (Å²) in [5.74, 6) is 1.01. The summed E-state index contributed by atoms with van der Waals surface area (Å²) in [6.45, 7) is 3.75. The van der Waals surface area contributed by atoms with Gasteiger partial charge in [0.1, 0.15) is 5.75 Å². The highest BCUT2D eigenvalue weighted by Crippen LogP contribution is 2.25. The molecule has 24 heavy (non-hydrogen) atoms. The average molecular weight is 333 g/mol. The number of nitrogens with one attached hydrogen (secondary N) is 2. The molecule has 2 N–H and O–H groups in total. The number of amides is 1. The van der Waals surface area contributed by atoms with Crippen LogP contribution in [0, 0.1) is 0 Å². The van der Waals surface area contributed by atoms with E-state index < -0.39 is 0 Å². The summed E-state index contributed by atoms with van der Waals surface area (Å²) in [5.41, 5.74) is 1.24. The van der Waals surface area contributed by atoms with Gasteiger partial charge in [-0.1, -0.05) is 18.6 Å². The summed E-state index contributed by atoms with van der Waals surface area (Å²) in [6, 6.07) is 8.47. The first-order chi connectivity index (χ1) is 11.7. The first-order valence-corrected chi connectivity index (χ1v) is 9.04. The largest absolute Gasteiger partial charge is 0.497 e. The van der Waals surface area contributed by atoms with Gasteiger partial charge in [0.15, 0.2) is 0 Å². The Hall–Kier alpha value is -1.59. The topological polar surface area (TPSA) is 53.6 Å². The summed E-state index contributed by atoms with van der Waals surface area (Å²) in [5, 5.41) is 6.20. The monoisotopic (exact) mass is 333 g/mol. The number of hydrogen-bond donors (Lipinski definition) is 2. The normalized spacial score (nSPS) is 16.6. The molecule has 1 heterocycles. The SMILES string of the molecule is CNCCCC(=O)NCC(c1ccc(OC)cc1)N1CCCCC1. The predicted octanol–water partition coefficient (Wildman–Crippen LogP) is 2.34. The first kappa shape index (κ1) is 18.7. The molecule has 1 aliphatic rings. The van der Waals surface area contributed by atoms with Crippen LogP contribution in [-0.2, 0) is 4.79 Å². The summed E-state index contributed by atoms with van der Waals surface area (Å²) < 4.78 is 5.26. The Kier molecular flexibility index (Phi) is 8.05. The number of benzene rings is 1. The fraction of sp³-hybridized carbons (Fsp3) is 0.632. The lowest BCUT2D eigenvalue weighted by atomic mass is 10.0. The molecule has 1 unspecified atom stereocenters. The van der Waals surface area contributed by atoms with Crippen molar-refractivity contribution in [1.29, 1.82) is 0 Å². The van der Waals surface area contributed by atoms with Crippen molar-refractivity contribution in [3.05, 3.63) is 29.8 Å². The van der Waals surface area contributed by atoms with Crippen molar-refractivity contribution < 1.29 is 9.53 Å². The van der Waals surface area contributed by atoms with Gasteiger partial charge in [-0.05, 0) is 63.6 Å². The minimum atomic E-state index is 0.140. The predicted molar refractivity (Wildman–Crippen MR) is 97.3 cm³/mol. The standard InChI is InChI=1S/C19H31N3O2/c1-20-12-6-7-19(23)21-15-18(22-13-4-3-5-14-22)16-8-10-17(24-2)11-9-16/h8-11,18,20H,3-7,12-15H2,1-2H3,(H,21,23). The van der Waals surface area contributed by atoms with Crippen LogP contribution in [0.25, 0.3) is 0 Å². The van der Waals surface area contributed by atoms with E-state index in [9.17, 15) is 4.79 Å². The summed E-state index contributed by atoms with van der Waals surface area (Å²) in [4.78, 5) is 14.6. The summed E-state index contributed by atoms with van der Waals surface area (Å²) in [6.07, 6.45) is 5.24. The van der Waals surface area contributed by atoms with Crippen LogP contribution in [-0.4, -0.2) is 51.1 Å². The molecule has 5 nitrogen and oxygen atoms in total. The molecule has 0 aromatic heterocycles. The maximum Gasteiger partial charge on any atom is 0.220 e. The second-order valence-electron chi connectivity index (χ2n) is 6.40. The lowest BCUT2D eigenvalue weighted by Crippen LogP contribution is -2.40. The Morgan fingerprint density at radius 2 is 1.92 bits per heavy atom. The molecule has 0 aliphatic carbocycles. The van der Waals surface area contributed by atoms with E-state index in [1.807, 2.05) is 19.2 Å². The van der Waals surface area contributed by atoms with Gasteiger partial charge in [0.2, 0.25) is 5.91 Å². The van der Waals surface area contributed by atoms with Gasteiger partial charge in [0.25, 0.3) is 0 Å². The number of nitrogens with zero attached hydrogens (tertiary/aromatic N) is 1. The van der Waals surface area contributed by atoms with Crippen LogP contribution in [0.3, 0.4) is 0 Å². The average Bonchev–Trinajstić information content (AvgIpc) is 2.63. The lowest BCUT2D eigenvalue weighted by molar-refractivity contribution is -0.121. The van der Waals surface area contributed by atoms with Crippen molar-refractivity contribution >= 4 is 5.91 Å². The highest BCUT2D eigenvalue weighted by molar-refractivity contribution is 5.75. The molecule has 1 atom stereocenters. The molecule has 134 valence electrons. The second-order valence-corrected chi connectivity index (χ2v) is 6.40. The minimum Gasteiger partial charge on any atom is -0.497 e. The minimum absolute atomic E-state index is 0.140. The molecular formula is C19H31N3O2. The number of methoxy groups -OCH3 is 1. The molecule has 1 aliphatic heterocycles. The van der Waals surface area contributed by atoms with E-state index in [1.165, 1.54) is 24.8 Å². The number of piperidine rings is 1. The Bertz CT molecular complexity index is 484. The van der Waals surface area contributed by atoms with Crippen LogP contribution < -0.4 is 15.4 Å². The molecule has 1 aromatic carbocycles. The van der Waals surface area contributed by atoms with Crippen LogP contribution in [0.2, 0.25) is 0 Å². The van der Waals surface area contributed by atoms with Crippen LogP contribution in [0.1, 0.15) is 43.7 Å². The van der Waals surface area contributed by atoms with Gasteiger partial charge < -0.3 is 15.4 Å². The molecule has 0 bridgehead atoms. The zero-order valence-electron chi connectivity index (χ0n) is 15.0. The van der Waals surface area contributed by atoms with E-state index in [-0.39, 0.29) is 11.9 Å². The highest BCUT2D eigenvalue weighted by atomic mass is 16.5. The molecule has 1 saturated heterocycles. The quantitative estimate of drug-likeness (QED) is 0.681. The molecule has 1 fully saturated rings. The van der Waals surface area contributed by atoms with Gasteiger partial charge in [0, 0.05) is 13.0 Å². The van der Waals surface area contributed by atoms with Gasteiger partial charge in [-0.3, -0.25) is 9.69 Å². The molecule has 1 aromatic rings. The van der Waals surface area contributed by atoms with Gasteiger partial charge >= 0.3 is 0 Å². The molecule has 1 amide bonds. The van der Waals surface area contributed by atoms with Crippen LogP contribution in [0.4, 0.5) is 0 Å². The molecule has 5 heteroatoms. The van der Waals surface area contributed by atoms with Crippen LogP contribution in [0.5, 0.6) is 5.75 Å². The first-order valence-electron chi connectivity index (χ1n) is 9.04. The lowest BCUT2D eigenvalue weighted by Gasteiger charge is -2.35. The third-order valence-corrected chi connectivity index (χ3v) is 4.66. The van der Waals surface area contributed by atoms with Crippen molar-refractivity contribution in [2.45, 2.75) is 38.1 Å². The molecule has 0 radical (unpaired) electrons. The summed E-state index contributed by atoms with van der Waals surface area (Å²) in [7, 11) is 3.59. The third kappa shape index (κ3) is 5.80. The van der Waals surface area contributed by atoms with E-state index in [4.69, 9.17) is 4.74 Å². The van der Waals surface area contributed by atoms with E-state index in [0.29, 0.717) is 13.0 Å². The zero-order chi connectivity index (χ0) is 17.2. The number of rotatable bonds is 9. The van der Waals surface area contributed by atoms with Crippen LogP contribution in [0.15, 0.2) is 24.3 Å².